The highest BCUT2D eigenvalue weighted by Gasteiger charge is 2.47. The van der Waals surface area contributed by atoms with E-state index in [1.165, 1.54) is 7.11 Å². The number of epoxide rings is 1. The van der Waals surface area contributed by atoms with Gasteiger partial charge in [0.1, 0.15) is 19.4 Å². The highest BCUT2D eigenvalue weighted by molar-refractivity contribution is 7.87. The van der Waals surface area contributed by atoms with Crippen LogP contribution in [0, 0.1) is 28.6 Å². The molecule has 260 valence electrons. The second kappa shape index (κ2) is 17.6. The fourth-order valence-electron chi connectivity index (χ4n) is 5.96. The van der Waals surface area contributed by atoms with Gasteiger partial charge in [0.2, 0.25) is 5.91 Å². The molecule has 1 aliphatic heterocycles. The number of carbonyl (C=O) groups is 4. The van der Waals surface area contributed by atoms with Crippen LogP contribution < -0.4 is 5.32 Å². The number of aliphatic hydroxyl groups excluding tert-OH is 1. The molecule has 1 saturated carbocycles. The third-order valence-electron chi connectivity index (χ3n) is 8.72. The molecule has 4 atom stereocenters. The minimum absolute atomic E-state index is 0.0217. The van der Waals surface area contributed by atoms with Crippen molar-refractivity contribution >= 4 is 33.9 Å². The molecule has 0 radical (unpaired) electrons. The Labute approximate surface area is 267 Å². The third kappa shape index (κ3) is 12.4. The first-order valence-corrected chi connectivity index (χ1v) is 17.4. The van der Waals surface area contributed by atoms with Crippen molar-refractivity contribution in [2.45, 2.75) is 104 Å². The van der Waals surface area contributed by atoms with Crippen LogP contribution in [0.1, 0.15) is 92.4 Å². The number of aliphatic hydroxyl groups is 1. The largest absolute Gasteiger partial charge is 0.469 e. The van der Waals surface area contributed by atoms with Crippen LogP contribution in [0.2, 0.25) is 0 Å². The molecule has 2 rings (SSSR count). The molecule has 45 heavy (non-hydrogen) atoms. The predicted molar refractivity (Wildman–Crippen MR) is 163 cm³/mol. The topological polar surface area (TPSA) is 184 Å². The van der Waals surface area contributed by atoms with Gasteiger partial charge in [0.15, 0.2) is 0 Å². The van der Waals surface area contributed by atoms with Gasteiger partial charge in [0.05, 0.1) is 42.3 Å². The number of nitrogens with one attached hydrogen (secondary N) is 1. The lowest BCUT2D eigenvalue weighted by molar-refractivity contribution is -0.164. The van der Waals surface area contributed by atoms with E-state index < -0.39 is 68.6 Å². The Morgan fingerprint density at radius 2 is 1.67 bits per heavy atom. The van der Waals surface area contributed by atoms with Crippen molar-refractivity contribution in [3.05, 3.63) is 0 Å². The highest BCUT2D eigenvalue weighted by Crippen LogP contribution is 2.42. The Bertz CT molecular complexity index is 1100. The quantitative estimate of drug-likeness (QED) is 0.0486. The van der Waals surface area contributed by atoms with E-state index in [0.717, 1.165) is 12.8 Å². The number of methoxy groups -OCH3 is 1. The Balaban J connectivity index is 2.16. The number of hydrogen-bond donors (Lipinski definition) is 2. The van der Waals surface area contributed by atoms with E-state index in [2.05, 4.69) is 12.2 Å². The Hall–Kier alpha value is -2.29. The zero-order valence-electron chi connectivity index (χ0n) is 27.6. The van der Waals surface area contributed by atoms with Crippen molar-refractivity contribution in [2.75, 3.05) is 40.3 Å². The van der Waals surface area contributed by atoms with E-state index in [1.807, 2.05) is 0 Å². The smallest absolute Gasteiger partial charge is 0.311 e. The van der Waals surface area contributed by atoms with Gasteiger partial charge in [0, 0.05) is 18.9 Å². The number of esters is 3. The molecular weight excluding hydrogens is 610 g/mol. The van der Waals surface area contributed by atoms with Gasteiger partial charge in [-0.15, -0.1) is 0 Å². The van der Waals surface area contributed by atoms with E-state index in [-0.39, 0.29) is 51.6 Å². The van der Waals surface area contributed by atoms with E-state index in [1.54, 1.807) is 27.7 Å². The molecule has 0 bridgehead atoms. The number of hydrogen-bond acceptors (Lipinski definition) is 12. The fourth-order valence-corrected chi connectivity index (χ4v) is 7.22. The summed E-state index contributed by atoms with van der Waals surface area (Å²) in [4.78, 5) is 52.6. The average Bonchev–Trinajstić information content (AvgIpc) is 3.82. The summed E-state index contributed by atoms with van der Waals surface area (Å²) >= 11 is 0. The van der Waals surface area contributed by atoms with Gasteiger partial charge in [-0.2, -0.15) is 8.42 Å². The molecule has 2 aliphatic rings. The summed E-state index contributed by atoms with van der Waals surface area (Å²) in [5.41, 5.74) is -2.48. The van der Waals surface area contributed by atoms with E-state index >= 15 is 0 Å². The minimum Gasteiger partial charge on any atom is -0.469 e. The predicted octanol–water partition coefficient (Wildman–Crippen LogP) is 2.87. The zero-order valence-corrected chi connectivity index (χ0v) is 28.4. The molecule has 13 nitrogen and oxygen atoms in total. The first-order chi connectivity index (χ1) is 21.1. The standard InChI is InChI=1S/C31H53NO12S/c1-7-22(26(34)32-20-44-45(38,39)25-11-9-21(2)10-12-25)15-23(27(35)41-14-8-13-33)16-31(5,29(37)40-6)19-30(3,4)28(36)43-18-24-17-42-24/h21-25,33H,7-20H2,1-6H3,(H,32,34). The minimum atomic E-state index is -3.86. The summed E-state index contributed by atoms with van der Waals surface area (Å²) in [6.45, 7) is 8.55. The molecule has 1 heterocycles. The number of amides is 1. The van der Waals surface area contributed by atoms with Crippen molar-refractivity contribution in [3.63, 3.8) is 0 Å². The van der Waals surface area contributed by atoms with Crippen molar-refractivity contribution in [2.24, 2.45) is 28.6 Å². The maximum Gasteiger partial charge on any atom is 0.311 e. The van der Waals surface area contributed by atoms with Crippen molar-refractivity contribution < 1.29 is 55.8 Å². The Morgan fingerprint density at radius 3 is 2.22 bits per heavy atom. The van der Waals surface area contributed by atoms with E-state index in [4.69, 9.17) is 28.2 Å². The van der Waals surface area contributed by atoms with Crippen LogP contribution >= 0.6 is 0 Å². The van der Waals surface area contributed by atoms with E-state index in [0.29, 0.717) is 31.8 Å². The molecule has 1 saturated heterocycles. The zero-order chi connectivity index (χ0) is 33.8. The van der Waals surface area contributed by atoms with Gasteiger partial charge >= 0.3 is 17.9 Å². The highest BCUT2D eigenvalue weighted by atomic mass is 32.2. The maximum absolute atomic E-state index is 13.3. The molecule has 2 fully saturated rings. The lowest BCUT2D eigenvalue weighted by Crippen LogP contribution is -2.42. The van der Waals surface area contributed by atoms with Crippen LogP contribution in [0.5, 0.6) is 0 Å². The number of ether oxygens (including phenoxy) is 4. The molecule has 4 unspecified atom stereocenters. The average molecular weight is 664 g/mol. The van der Waals surface area contributed by atoms with Gasteiger partial charge in [-0.1, -0.05) is 13.8 Å². The Kier molecular flexibility index (Phi) is 15.2. The molecule has 0 aromatic carbocycles. The lowest BCUT2D eigenvalue weighted by Gasteiger charge is -2.36. The van der Waals surface area contributed by atoms with Gasteiger partial charge < -0.3 is 29.4 Å². The maximum atomic E-state index is 13.3. The van der Waals surface area contributed by atoms with Crippen LogP contribution in [0.4, 0.5) is 0 Å². The van der Waals surface area contributed by atoms with Crippen LogP contribution in [0.15, 0.2) is 0 Å². The SMILES string of the molecule is CCC(CC(CC(C)(CC(C)(C)C(=O)OCC1CO1)C(=O)OC)C(=O)OCCCO)C(=O)NCOS(=O)(=O)C1CCC(C)CC1. The summed E-state index contributed by atoms with van der Waals surface area (Å²) in [7, 11) is -2.64. The van der Waals surface area contributed by atoms with Crippen LogP contribution in [0.25, 0.3) is 0 Å². The van der Waals surface area contributed by atoms with Crippen LogP contribution in [-0.4, -0.2) is 89.0 Å². The number of carbonyl (C=O) groups excluding carboxylic acids is 4. The summed E-state index contributed by atoms with van der Waals surface area (Å²) in [6, 6.07) is 0. The normalized spacial score (nSPS) is 22.8. The van der Waals surface area contributed by atoms with E-state index in [9.17, 15) is 27.6 Å². The summed E-state index contributed by atoms with van der Waals surface area (Å²) in [6.07, 6.45) is 2.85. The summed E-state index contributed by atoms with van der Waals surface area (Å²) in [5.74, 6) is -3.60. The van der Waals surface area contributed by atoms with Gasteiger partial charge in [-0.05, 0) is 78.1 Å². The van der Waals surface area contributed by atoms with Crippen molar-refractivity contribution in [3.8, 4) is 0 Å². The first-order valence-electron chi connectivity index (χ1n) is 15.9. The molecular formula is C31H53NO12S. The molecule has 2 N–H and O–H groups in total. The Morgan fingerprint density at radius 1 is 1.02 bits per heavy atom. The van der Waals surface area contributed by atoms with Gasteiger partial charge in [-0.3, -0.25) is 19.2 Å². The van der Waals surface area contributed by atoms with Gasteiger partial charge in [-0.25, -0.2) is 4.18 Å². The molecule has 0 spiro atoms. The van der Waals surface area contributed by atoms with Crippen molar-refractivity contribution in [1.29, 1.82) is 0 Å². The third-order valence-corrected chi connectivity index (χ3v) is 10.5. The van der Waals surface area contributed by atoms with Gasteiger partial charge in [0.25, 0.3) is 10.1 Å². The second-order valence-corrected chi connectivity index (χ2v) is 15.2. The first kappa shape index (κ1) is 38.9. The molecule has 1 aliphatic carbocycles. The van der Waals surface area contributed by atoms with Crippen LogP contribution in [0.3, 0.4) is 0 Å². The van der Waals surface area contributed by atoms with Crippen molar-refractivity contribution in [1.82, 2.24) is 5.32 Å². The summed E-state index contributed by atoms with van der Waals surface area (Å²) < 4.78 is 51.4. The molecule has 14 heteroatoms. The number of rotatable bonds is 20. The van der Waals surface area contributed by atoms with Crippen LogP contribution in [-0.2, 0) is 52.4 Å². The molecule has 0 aromatic heterocycles. The monoisotopic (exact) mass is 663 g/mol. The summed E-state index contributed by atoms with van der Waals surface area (Å²) in [5, 5.41) is 11.1. The second-order valence-electron chi connectivity index (χ2n) is 13.3. The molecule has 0 aromatic rings. The fraction of sp³-hybridized carbons (Fsp3) is 0.871. The lowest BCUT2D eigenvalue weighted by atomic mass is 9.68. The molecule has 1 amide bonds.